The van der Waals surface area contributed by atoms with Crippen molar-refractivity contribution in [1.82, 2.24) is 15.1 Å². The first-order chi connectivity index (χ1) is 19.4. The van der Waals surface area contributed by atoms with Gasteiger partial charge in [0.25, 0.3) is 5.91 Å². The Balaban J connectivity index is 1.05. The topological polar surface area (TPSA) is 82.2 Å². The Bertz CT molecular complexity index is 1290. The molecule has 4 aliphatic rings. The van der Waals surface area contributed by atoms with Gasteiger partial charge in [0.05, 0.1) is 12.3 Å². The van der Waals surface area contributed by atoms with Gasteiger partial charge in [-0.2, -0.15) is 0 Å². The number of carbonyl (C=O) groups is 3. The van der Waals surface area contributed by atoms with Gasteiger partial charge in [0.15, 0.2) is 0 Å². The molecule has 6 rings (SSSR count). The normalized spacial score (nSPS) is 22.4. The van der Waals surface area contributed by atoms with E-state index in [2.05, 4.69) is 28.4 Å². The number of benzene rings is 2. The molecule has 0 radical (unpaired) electrons. The van der Waals surface area contributed by atoms with Crippen LogP contribution in [0.4, 0.5) is 10.1 Å². The molecule has 1 unspecified atom stereocenters. The van der Waals surface area contributed by atoms with Gasteiger partial charge in [0.1, 0.15) is 17.6 Å². The molecular weight excluding hydrogens is 511 g/mol. The van der Waals surface area contributed by atoms with E-state index < -0.39 is 17.8 Å². The number of anilines is 1. The van der Waals surface area contributed by atoms with Gasteiger partial charge in [-0.05, 0) is 60.6 Å². The fraction of sp³-hybridized carbons (Fsp3) is 0.516. The summed E-state index contributed by atoms with van der Waals surface area (Å²) < 4.78 is 21.4. The summed E-state index contributed by atoms with van der Waals surface area (Å²) in [5.74, 6) is 0.0360. The zero-order valence-corrected chi connectivity index (χ0v) is 22.9. The lowest BCUT2D eigenvalue weighted by Gasteiger charge is -2.36. The number of ether oxygens (including phenoxy) is 1. The van der Waals surface area contributed by atoms with E-state index in [0.717, 1.165) is 37.6 Å². The van der Waals surface area contributed by atoms with E-state index in [-0.39, 0.29) is 31.2 Å². The number of imide groups is 1. The third-order valence-corrected chi connectivity index (χ3v) is 8.82. The summed E-state index contributed by atoms with van der Waals surface area (Å²) in [4.78, 5) is 42.7. The highest BCUT2D eigenvalue weighted by atomic mass is 19.1. The number of rotatable bonds is 7. The lowest BCUT2D eigenvalue weighted by Crippen LogP contribution is -2.52. The van der Waals surface area contributed by atoms with Crippen LogP contribution in [-0.2, 0) is 22.7 Å². The zero-order chi connectivity index (χ0) is 27.6. The van der Waals surface area contributed by atoms with Crippen molar-refractivity contribution < 1.29 is 23.5 Å². The molecular formula is C31H37FN4O4. The van der Waals surface area contributed by atoms with Crippen molar-refractivity contribution in [2.24, 2.45) is 5.92 Å². The van der Waals surface area contributed by atoms with Gasteiger partial charge in [0.2, 0.25) is 11.8 Å². The number of hydrogen-bond acceptors (Lipinski definition) is 6. The molecule has 8 nitrogen and oxygen atoms in total. The van der Waals surface area contributed by atoms with Gasteiger partial charge in [-0.3, -0.25) is 24.6 Å². The molecule has 9 heteroatoms. The van der Waals surface area contributed by atoms with E-state index in [1.807, 2.05) is 11.0 Å². The number of carbonyl (C=O) groups excluding carboxylic acids is 3. The quantitative estimate of drug-likeness (QED) is 0.529. The summed E-state index contributed by atoms with van der Waals surface area (Å²) in [6.07, 6.45) is 6.99. The Morgan fingerprint density at radius 1 is 0.950 bits per heavy atom. The van der Waals surface area contributed by atoms with Crippen molar-refractivity contribution in [3.63, 3.8) is 0 Å². The Kier molecular flexibility index (Phi) is 7.74. The van der Waals surface area contributed by atoms with E-state index >= 15 is 4.39 Å². The number of hydrogen-bond donors (Lipinski definition) is 1. The number of nitrogens with zero attached hydrogens (tertiary/aromatic N) is 3. The van der Waals surface area contributed by atoms with E-state index in [0.29, 0.717) is 30.3 Å². The van der Waals surface area contributed by atoms with Crippen LogP contribution >= 0.6 is 0 Å². The van der Waals surface area contributed by atoms with Crippen LogP contribution in [-0.4, -0.2) is 66.3 Å². The maximum atomic E-state index is 15.2. The van der Waals surface area contributed by atoms with Crippen molar-refractivity contribution in [3.05, 3.63) is 58.9 Å². The maximum absolute atomic E-state index is 15.2. The lowest BCUT2D eigenvalue weighted by molar-refractivity contribution is -0.136. The Hall–Kier alpha value is -3.46. The number of piperidine rings is 1. The van der Waals surface area contributed by atoms with Crippen LogP contribution in [0.3, 0.4) is 0 Å². The number of amides is 3. The molecule has 3 aliphatic heterocycles. The molecule has 2 aromatic carbocycles. The third-order valence-electron chi connectivity index (χ3n) is 8.82. The standard InChI is InChI=1S/C31H37FN4O4/c32-26-17-25-23(19-36(31(25)39)27-9-10-29(37)33-30(27)38)16-28(26)35-13-11-34(12-14-35)18-22-7-4-8-24(15-22)40-20-21-5-2-1-3-6-21/h4,7-8,15-17,21,27H,1-3,5-6,9-14,18-20H2,(H,33,37,38). The largest absolute Gasteiger partial charge is 0.493 e. The van der Waals surface area contributed by atoms with Gasteiger partial charge in [-0.25, -0.2) is 4.39 Å². The molecule has 0 spiro atoms. The van der Waals surface area contributed by atoms with E-state index in [4.69, 9.17) is 4.74 Å². The first kappa shape index (κ1) is 26.7. The van der Waals surface area contributed by atoms with Crippen molar-refractivity contribution in [2.45, 2.75) is 64.1 Å². The number of piperazine rings is 1. The molecule has 2 saturated heterocycles. The molecule has 0 bridgehead atoms. The van der Waals surface area contributed by atoms with Crippen LogP contribution in [0, 0.1) is 11.7 Å². The second kappa shape index (κ2) is 11.6. The van der Waals surface area contributed by atoms with Crippen molar-refractivity contribution in [3.8, 4) is 5.75 Å². The Morgan fingerprint density at radius 2 is 1.75 bits per heavy atom. The van der Waals surface area contributed by atoms with Crippen molar-refractivity contribution in [1.29, 1.82) is 0 Å². The number of nitrogens with one attached hydrogen (secondary N) is 1. The Morgan fingerprint density at radius 3 is 2.52 bits per heavy atom. The predicted octanol–water partition coefficient (Wildman–Crippen LogP) is 3.87. The van der Waals surface area contributed by atoms with Crippen molar-refractivity contribution in [2.75, 3.05) is 37.7 Å². The summed E-state index contributed by atoms with van der Waals surface area (Å²) in [5, 5.41) is 2.31. The van der Waals surface area contributed by atoms with Gasteiger partial charge in [0, 0.05) is 51.3 Å². The van der Waals surface area contributed by atoms with Gasteiger partial charge >= 0.3 is 0 Å². The molecule has 3 heterocycles. The summed E-state index contributed by atoms with van der Waals surface area (Å²) in [5.41, 5.74) is 2.73. The van der Waals surface area contributed by atoms with Gasteiger partial charge in [-0.15, -0.1) is 0 Å². The average Bonchev–Trinajstić information content (AvgIpc) is 3.27. The summed E-state index contributed by atoms with van der Waals surface area (Å²) in [6.45, 7) is 4.81. The molecule has 1 saturated carbocycles. The maximum Gasteiger partial charge on any atom is 0.255 e. The minimum Gasteiger partial charge on any atom is -0.493 e. The summed E-state index contributed by atoms with van der Waals surface area (Å²) >= 11 is 0. The third kappa shape index (κ3) is 5.70. The monoisotopic (exact) mass is 548 g/mol. The minimum atomic E-state index is -0.705. The van der Waals surface area contributed by atoms with Crippen LogP contribution in [0.1, 0.15) is 66.4 Å². The van der Waals surface area contributed by atoms with Crippen LogP contribution in [0.2, 0.25) is 0 Å². The van der Waals surface area contributed by atoms with E-state index in [1.165, 1.54) is 48.6 Å². The fourth-order valence-electron chi connectivity index (χ4n) is 6.53. The predicted molar refractivity (Wildman–Crippen MR) is 148 cm³/mol. The average molecular weight is 549 g/mol. The molecule has 3 fully saturated rings. The SMILES string of the molecule is O=C1CCC(N2Cc3cc(N4CCN(Cc5cccc(OCC6CCCCC6)c5)CC4)c(F)cc3C2=O)C(=O)N1. The minimum absolute atomic E-state index is 0.193. The van der Waals surface area contributed by atoms with E-state index in [9.17, 15) is 14.4 Å². The van der Waals surface area contributed by atoms with Crippen LogP contribution in [0.5, 0.6) is 5.75 Å². The highest BCUT2D eigenvalue weighted by Gasteiger charge is 2.40. The number of fused-ring (bicyclic) bond motifs is 1. The lowest BCUT2D eigenvalue weighted by atomic mass is 9.90. The van der Waals surface area contributed by atoms with Crippen LogP contribution < -0.4 is 15.0 Å². The molecule has 40 heavy (non-hydrogen) atoms. The Labute approximate surface area is 234 Å². The molecule has 3 amide bonds. The van der Waals surface area contributed by atoms with Gasteiger partial charge < -0.3 is 14.5 Å². The molecule has 0 aromatic heterocycles. The highest BCUT2D eigenvalue weighted by molar-refractivity contribution is 6.05. The van der Waals surface area contributed by atoms with Gasteiger partial charge in [-0.1, -0.05) is 31.4 Å². The second-order valence-electron chi connectivity index (χ2n) is 11.6. The number of halogens is 1. The van der Waals surface area contributed by atoms with Crippen LogP contribution in [0.15, 0.2) is 36.4 Å². The van der Waals surface area contributed by atoms with Crippen molar-refractivity contribution >= 4 is 23.4 Å². The molecule has 1 N–H and O–H groups in total. The first-order valence-corrected chi connectivity index (χ1v) is 14.6. The second-order valence-corrected chi connectivity index (χ2v) is 11.6. The molecule has 1 aliphatic carbocycles. The van der Waals surface area contributed by atoms with Crippen LogP contribution in [0.25, 0.3) is 0 Å². The summed E-state index contributed by atoms with van der Waals surface area (Å²) in [6, 6.07) is 10.7. The first-order valence-electron chi connectivity index (χ1n) is 14.6. The molecule has 212 valence electrons. The molecule has 2 aromatic rings. The zero-order valence-electron chi connectivity index (χ0n) is 22.9. The van der Waals surface area contributed by atoms with E-state index in [1.54, 1.807) is 6.07 Å². The molecule has 1 atom stereocenters. The fourth-order valence-corrected chi connectivity index (χ4v) is 6.53. The highest BCUT2D eigenvalue weighted by Crippen LogP contribution is 2.33. The summed E-state index contributed by atoms with van der Waals surface area (Å²) in [7, 11) is 0. The smallest absolute Gasteiger partial charge is 0.255 e.